The Kier molecular flexibility index (Phi) is 12.5. The smallest absolute Gasteiger partial charge is 0.0442 e. The molecule has 0 N–H and O–H groups in total. The third-order valence-corrected chi connectivity index (χ3v) is 0.577. The number of hydrogen-bond donors (Lipinski definition) is 0. The molecule has 0 bridgehead atoms. The molecule has 0 aliphatic rings. The highest BCUT2D eigenvalue weighted by atomic mass is 31.2. The SMILES string of the molecule is CC=C(C)C.O=P([O-])([O-])[O-].O=P([O-])([O-])[O-]. The van der Waals surface area contributed by atoms with Gasteiger partial charge in [-0.3, -0.25) is 0 Å². The normalized spacial score (nSPS) is 10.2. The summed E-state index contributed by atoms with van der Waals surface area (Å²) in [4.78, 5) is 51.3. The largest absolute Gasteiger partial charge is 0.822 e. The molecule has 0 aromatic carbocycles. The third kappa shape index (κ3) is 520. The van der Waals surface area contributed by atoms with Crippen LogP contribution in [0.15, 0.2) is 11.6 Å². The first-order valence-electron chi connectivity index (χ1n) is 3.33. The van der Waals surface area contributed by atoms with Gasteiger partial charge in [0.2, 0.25) is 0 Å². The average molecular weight is 260 g/mol. The van der Waals surface area contributed by atoms with Crippen molar-refractivity contribution in [3.05, 3.63) is 11.6 Å². The Balaban J connectivity index is -0.000000144. The first kappa shape index (κ1) is 20.4. The molecule has 0 rings (SSSR count). The molecule has 15 heavy (non-hydrogen) atoms. The molecule has 0 atom stereocenters. The highest BCUT2D eigenvalue weighted by molar-refractivity contribution is 7.40. The van der Waals surface area contributed by atoms with Gasteiger partial charge in [0.15, 0.2) is 0 Å². The Morgan fingerprint density at radius 3 is 0.933 bits per heavy atom. The minimum Gasteiger partial charge on any atom is -0.822 e. The Labute approximate surface area is 87.4 Å². The zero-order chi connectivity index (χ0) is 13.3. The lowest BCUT2D eigenvalue weighted by atomic mass is 10.3. The van der Waals surface area contributed by atoms with Gasteiger partial charge in [-0.15, -0.1) is 0 Å². The van der Waals surface area contributed by atoms with Crippen LogP contribution in [0.4, 0.5) is 0 Å². The topological polar surface area (TPSA) is 172 Å². The van der Waals surface area contributed by atoms with E-state index in [1.165, 1.54) is 5.57 Å². The molecule has 0 heterocycles. The van der Waals surface area contributed by atoms with E-state index in [1.807, 2.05) is 6.92 Å². The molecule has 94 valence electrons. The summed E-state index contributed by atoms with van der Waals surface area (Å²) < 4.78 is 17.1. The molecular formula is C5H10O8P2-6. The van der Waals surface area contributed by atoms with Crippen molar-refractivity contribution in [1.82, 2.24) is 0 Å². The van der Waals surface area contributed by atoms with Crippen LogP contribution in [0.2, 0.25) is 0 Å². The fraction of sp³-hybridized carbons (Fsp3) is 0.600. The van der Waals surface area contributed by atoms with Crippen LogP contribution in [-0.4, -0.2) is 0 Å². The van der Waals surface area contributed by atoms with E-state index in [9.17, 15) is 0 Å². The van der Waals surface area contributed by atoms with Gasteiger partial charge >= 0.3 is 0 Å². The Hall–Kier alpha value is -0.0400. The molecule has 0 saturated heterocycles. The lowest BCUT2D eigenvalue weighted by Crippen LogP contribution is -2.24. The van der Waals surface area contributed by atoms with E-state index in [4.69, 9.17) is 38.5 Å². The third-order valence-electron chi connectivity index (χ3n) is 0.577. The molecule has 0 saturated carbocycles. The quantitative estimate of drug-likeness (QED) is 0.316. The second-order valence-corrected chi connectivity index (χ2v) is 4.05. The second kappa shape index (κ2) is 9.21. The standard InChI is InChI=1S/C5H10.2H3O4P/c1-4-5(2)3;2*1-5(2,3)4/h4H,1-3H3;2*(H3,1,2,3,4)/p-6. The van der Waals surface area contributed by atoms with Crippen LogP contribution in [0.5, 0.6) is 0 Å². The van der Waals surface area contributed by atoms with Crippen molar-refractivity contribution in [1.29, 1.82) is 0 Å². The number of allylic oxidation sites excluding steroid dienone is 2. The summed E-state index contributed by atoms with van der Waals surface area (Å²) in [7, 11) is -10.8. The van der Waals surface area contributed by atoms with Crippen LogP contribution < -0.4 is 29.4 Å². The van der Waals surface area contributed by atoms with Gasteiger partial charge in [-0.2, -0.15) is 15.6 Å². The molecule has 0 amide bonds. The molecule has 0 aromatic rings. The molecule has 10 heteroatoms. The number of hydrogen-bond acceptors (Lipinski definition) is 8. The fourth-order valence-corrected chi connectivity index (χ4v) is 0. The lowest BCUT2D eigenvalue weighted by molar-refractivity contribution is -0.434. The van der Waals surface area contributed by atoms with Crippen LogP contribution in [-0.2, 0) is 9.13 Å². The molecule has 0 unspecified atom stereocenters. The summed E-state index contributed by atoms with van der Waals surface area (Å²) in [5, 5.41) is 0. The minimum absolute atomic E-state index is 1.38. The first-order valence-corrected chi connectivity index (χ1v) is 6.25. The van der Waals surface area contributed by atoms with E-state index in [0.29, 0.717) is 0 Å². The molecule has 0 fully saturated rings. The van der Waals surface area contributed by atoms with Gasteiger partial charge < -0.3 is 38.5 Å². The predicted octanol–water partition coefficient (Wildman–Crippen LogP) is -3.68. The Morgan fingerprint density at radius 2 is 0.933 bits per heavy atom. The van der Waals surface area contributed by atoms with Gasteiger partial charge in [-0.25, -0.2) is 0 Å². The highest BCUT2D eigenvalue weighted by Crippen LogP contribution is 2.03. The monoisotopic (exact) mass is 260 g/mol. The molecular weight excluding hydrogens is 250 g/mol. The van der Waals surface area contributed by atoms with E-state index < -0.39 is 15.6 Å². The van der Waals surface area contributed by atoms with E-state index in [0.717, 1.165) is 0 Å². The minimum atomic E-state index is -5.39. The number of phosphoric acid groups is 2. The maximum absolute atomic E-state index is 8.55. The summed E-state index contributed by atoms with van der Waals surface area (Å²) in [5.41, 5.74) is 1.38. The summed E-state index contributed by atoms with van der Waals surface area (Å²) in [6.07, 6.45) is 2.08. The van der Waals surface area contributed by atoms with Gasteiger partial charge in [0.25, 0.3) is 0 Å². The van der Waals surface area contributed by atoms with E-state index in [1.54, 1.807) is 0 Å². The maximum atomic E-state index is 8.55. The van der Waals surface area contributed by atoms with Crippen LogP contribution in [0, 0.1) is 0 Å². The molecule has 0 radical (unpaired) electrons. The summed E-state index contributed by atoms with van der Waals surface area (Å²) in [6.45, 7) is 6.20. The zero-order valence-corrected chi connectivity index (χ0v) is 10.0. The fourth-order valence-electron chi connectivity index (χ4n) is 0. The predicted molar refractivity (Wildman–Crippen MR) is 40.3 cm³/mol. The van der Waals surface area contributed by atoms with Gasteiger partial charge in [-0.05, 0) is 20.8 Å². The lowest BCUT2D eigenvalue weighted by Gasteiger charge is -2.36. The molecule has 0 aliphatic carbocycles. The Morgan fingerprint density at radius 1 is 0.867 bits per heavy atom. The average Bonchev–Trinajstić information content (AvgIpc) is 1.79. The van der Waals surface area contributed by atoms with Crippen molar-refractivity contribution in [2.24, 2.45) is 0 Å². The summed E-state index contributed by atoms with van der Waals surface area (Å²) >= 11 is 0. The van der Waals surface area contributed by atoms with Gasteiger partial charge in [0.05, 0.1) is 0 Å². The van der Waals surface area contributed by atoms with Gasteiger partial charge in [-0.1, -0.05) is 11.6 Å². The summed E-state index contributed by atoms with van der Waals surface area (Å²) in [6, 6.07) is 0. The Bertz CT molecular complexity index is 220. The van der Waals surface area contributed by atoms with Crippen LogP contribution >= 0.6 is 15.6 Å². The van der Waals surface area contributed by atoms with Gasteiger partial charge in [0, 0.05) is 0 Å². The maximum Gasteiger partial charge on any atom is -0.0442 e. The highest BCUT2D eigenvalue weighted by Gasteiger charge is 1.60. The van der Waals surface area contributed by atoms with E-state index in [2.05, 4.69) is 19.9 Å². The second-order valence-electron chi connectivity index (χ2n) is 2.26. The van der Waals surface area contributed by atoms with Crippen molar-refractivity contribution in [3.63, 3.8) is 0 Å². The number of rotatable bonds is 0. The molecule has 8 nitrogen and oxygen atoms in total. The van der Waals surface area contributed by atoms with Gasteiger partial charge in [0.1, 0.15) is 0 Å². The van der Waals surface area contributed by atoms with Crippen molar-refractivity contribution in [3.8, 4) is 0 Å². The van der Waals surface area contributed by atoms with Crippen molar-refractivity contribution >= 4 is 15.6 Å². The van der Waals surface area contributed by atoms with E-state index >= 15 is 0 Å². The van der Waals surface area contributed by atoms with Crippen LogP contribution in [0.3, 0.4) is 0 Å². The van der Waals surface area contributed by atoms with Crippen LogP contribution in [0.25, 0.3) is 0 Å². The van der Waals surface area contributed by atoms with Crippen molar-refractivity contribution in [2.75, 3.05) is 0 Å². The molecule has 0 aliphatic heterocycles. The van der Waals surface area contributed by atoms with Crippen molar-refractivity contribution in [2.45, 2.75) is 20.8 Å². The molecule has 0 aromatic heterocycles. The summed E-state index contributed by atoms with van der Waals surface area (Å²) in [5.74, 6) is 0. The molecule has 0 spiro atoms. The zero-order valence-electron chi connectivity index (χ0n) is 8.24. The van der Waals surface area contributed by atoms with E-state index in [-0.39, 0.29) is 0 Å². The van der Waals surface area contributed by atoms with Crippen LogP contribution in [0.1, 0.15) is 20.8 Å². The first-order chi connectivity index (χ1) is 6.27. The van der Waals surface area contributed by atoms with Crippen molar-refractivity contribution < 1.29 is 38.5 Å².